The van der Waals surface area contributed by atoms with Crippen LogP contribution in [0.1, 0.15) is 34.6 Å². The zero-order valence-corrected chi connectivity index (χ0v) is 17.0. The SMILES string of the molecule is CC(C(=O)O)n1c2c(c3cc(F)ccc31)CN(C(=O)c1cccc3ccccc13)CC2. The van der Waals surface area contributed by atoms with Crippen LogP contribution in [0.4, 0.5) is 4.39 Å². The Morgan fingerprint density at radius 3 is 2.61 bits per heavy atom. The minimum Gasteiger partial charge on any atom is -0.480 e. The molecular weight excluding hydrogens is 395 g/mol. The molecule has 1 aliphatic heterocycles. The average Bonchev–Trinajstić information content (AvgIpc) is 3.10. The molecule has 5 nitrogen and oxygen atoms in total. The Morgan fingerprint density at radius 1 is 1.03 bits per heavy atom. The highest BCUT2D eigenvalue weighted by Gasteiger charge is 2.30. The minimum atomic E-state index is -0.946. The maximum absolute atomic E-state index is 14.1. The Bertz CT molecular complexity index is 1350. The van der Waals surface area contributed by atoms with Crippen molar-refractivity contribution in [2.24, 2.45) is 0 Å². The van der Waals surface area contributed by atoms with Crippen LogP contribution in [0, 0.1) is 5.82 Å². The second kappa shape index (κ2) is 7.23. The van der Waals surface area contributed by atoms with Crippen molar-refractivity contribution >= 4 is 33.6 Å². The lowest BCUT2D eigenvalue weighted by Crippen LogP contribution is -2.36. The van der Waals surface area contributed by atoms with E-state index in [9.17, 15) is 19.1 Å². The first-order chi connectivity index (χ1) is 15.0. The van der Waals surface area contributed by atoms with E-state index in [-0.39, 0.29) is 11.7 Å². The number of hydrogen-bond acceptors (Lipinski definition) is 2. The van der Waals surface area contributed by atoms with E-state index < -0.39 is 12.0 Å². The standard InChI is InChI=1S/C25H21FN2O3/c1-15(25(30)31)28-22-10-9-17(26)13-20(22)21-14-27(12-11-23(21)28)24(29)19-8-4-6-16-5-2-3-7-18(16)19/h2-10,13,15H,11-12,14H2,1H3,(H,30,31). The molecule has 1 N–H and O–H groups in total. The smallest absolute Gasteiger partial charge is 0.326 e. The third-order valence-corrected chi connectivity index (χ3v) is 6.20. The van der Waals surface area contributed by atoms with Gasteiger partial charge in [0.05, 0.1) is 0 Å². The van der Waals surface area contributed by atoms with Gasteiger partial charge in [-0.2, -0.15) is 0 Å². The number of hydrogen-bond donors (Lipinski definition) is 1. The van der Waals surface area contributed by atoms with E-state index in [2.05, 4.69) is 0 Å². The second-order valence-corrected chi connectivity index (χ2v) is 7.97. The molecule has 156 valence electrons. The number of carbonyl (C=O) groups is 2. The molecule has 1 aliphatic rings. The summed E-state index contributed by atoms with van der Waals surface area (Å²) in [6.45, 7) is 2.41. The number of benzene rings is 3. The zero-order chi connectivity index (χ0) is 21.7. The molecule has 0 radical (unpaired) electrons. The fraction of sp³-hybridized carbons (Fsp3) is 0.200. The molecule has 0 fully saturated rings. The largest absolute Gasteiger partial charge is 0.480 e. The van der Waals surface area contributed by atoms with Gasteiger partial charge < -0.3 is 14.6 Å². The van der Waals surface area contributed by atoms with Gasteiger partial charge in [-0.3, -0.25) is 4.79 Å². The Hall–Kier alpha value is -3.67. The molecule has 1 unspecified atom stereocenters. The van der Waals surface area contributed by atoms with Gasteiger partial charge in [0.15, 0.2) is 0 Å². The van der Waals surface area contributed by atoms with Crippen LogP contribution in [0.2, 0.25) is 0 Å². The number of aromatic nitrogens is 1. The van der Waals surface area contributed by atoms with E-state index in [1.54, 1.807) is 22.5 Å². The first-order valence-corrected chi connectivity index (χ1v) is 10.3. The van der Waals surface area contributed by atoms with Crippen LogP contribution in [-0.4, -0.2) is 33.0 Å². The highest BCUT2D eigenvalue weighted by Crippen LogP contribution is 2.35. The molecule has 2 heterocycles. The molecule has 0 spiro atoms. The highest BCUT2D eigenvalue weighted by atomic mass is 19.1. The minimum absolute atomic E-state index is 0.0777. The van der Waals surface area contributed by atoms with Gasteiger partial charge in [0, 0.05) is 47.2 Å². The van der Waals surface area contributed by atoms with Gasteiger partial charge in [-0.05, 0) is 42.0 Å². The molecule has 1 amide bonds. The van der Waals surface area contributed by atoms with Gasteiger partial charge in [-0.1, -0.05) is 36.4 Å². The van der Waals surface area contributed by atoms with E-state index in [0.717, 1.165) is 22.0 Å². The van der Waals surface area contributed by atoms with Gasteiger partial charge in [0.1, 0.15) is 11.9 Å². The van der Waals surface area contributed by atoms with Gasteiger partial charge >= 0.3 is 5.97 Å². The molecule has 0 saturated heterocycles. The van der Waals surface area contributed by atoms with Crippen molar-refractivity contribution in [1.29, 1.82) is 0 Å². The second-order valence-electron chi connectivity index (χ2n) is 7.97. The van der Waals surface area contributed by atoms with E-state index in [1.165, 1.54) is 12.1 Å². The maximum atomic E-state index is 14.1. The van der Waals surface area contributed by atoms with Crippen LogP contribution >= 0.6 is 0 Å². The molecule has 0 saturated carbocycles. The summed E-state index contributed by atoms with van der Waals surface area (Å²) in [4.78, 5) is 26.9. The van der Waals surface area contributed by atoms with Crippen LogP contribution in [0.3, 0.4) is 0 Å². The van der Waals surface area contributed by atoms with Crippen molar-refractivity contribution in [2.75, 3.05) is 6.54 Å². The lowest BCUT2D eigenvalue weighted by molar-refractivity contribution is -0.140. The van der Waals surface area contributed by atoms with E-state index in [0.29, 0.717) is 36.0 Å². The lowest BCUT2D eigenvalue weighted by atomic mass is 10.0. The molecule has 31 heavy (non-hydrogen) atoms. The van der Waals surface area contributed by atoms with Crippen molar-refractivity contribution in [1.82, 2.24) is 9.47 Å². The maximum Gasteiger partial charge on any atom is 0.326 e. The van der Waals surface area contributed by atoms with Crippen molar-refractivity contribution in [3.05, 3.63) is 83.3 Å². The van der Waals surface area contributed by atoms with Crippen LogP contribution in [0.25, 0.3) is 21.7 Å². The summed E-state index contributed by atoms with van der Waals surface area (Å²) in [7, 11) is 0. The summed E-state index contributed by atoms with van der Waals surface area (Å²) >= 11 is 0. The molecule has 5 rings (SSSR count). The summed E-state index contributed by atoms with van der Waals surface area (Å²) < 4.78 is 15.8. The molecule has 1 aromatic heterocycles. The first kappa shape index (κ1) is 19.3. The number of nitrogens with zero attached hydrogens (tertiary/aromatic N) is 2. The van der Waals surface area contributed by atoms with Gasteiger partial charge in [-0.15, -0.1) is 0 Å². The quantitative estimate of drug-likeness (QED) is 0.523. The summed E-state index contributed by atoms with van der Waals surface area (Å²) in [6.07, 6.45) is 0.514. The molecule has 6 heteroatoms. The third-order valence-electron chi connectivity index (χ3n) is 6.20. The Kier molecular flexibility index (Phi) is 4.50. The Balaban J connectivity index is 1.60. The van der Waals surface area contributed by atoms with Crippen LogP contribution in [-0.2, 0) is 17.8 Å². The van der Waals surface area contributed by atoms with Crippen LogP contribution in [0.5, 0.6) is 0 Å². The number of halogens is 1. The zero-order valence-electron chi connectivity index (χ0n) is 17.0. The average molecular weight is 416 g/mol. The van der Waals surface area contributed by atoms with Crippen molar-refractivity contribution in [3.8, 4) is 0 Å². The van der Waals surface area contributed by atoms with Gasteiger partial charge in [0.25, 0.3) is 5.91 Å². The van der Waals surface area contributed by atoms with Crippen molar-refractivity contribution in [3.63, 3.8) is 0 Å². The van der Waals surface area contributed by atoms with Gasteiger partial charge in [0.2, 0.25) is 0 Å². The number of aliphatic carboxylic acids is 1. The number of fused-ring (bicyclic) bond motifs is 4. The van der Waals surface area contributed by atoms with E-state index in [4.69, 9.17) is 0 Å². The number of rotatable bonds is 3. The highest BCUT2D eigenvalue weighted by molar-refractivity contribution is 6.07. The number of carboxylic acid groups (broad SMARTS) is 1. The topological polar surface area (TPSA) is 62.5 Å². The summed E-state index contributed by atoms with van der Waals surface area (Å²) in [5.41, 5.74) is 3.00. The van der Waals surface area contributed by atoms with Crippen LogP contribution in [0.15, 0.2) is 60.7 Å². The molecule has 1 atom stereocenters. The first-order valence-electron chi connectivity index (χ1n) is 10.3. The number of amides is 1. The summed E-state index contributed by atoms with van der Waals surface area (Å²) in [6, 6.07) is 17.1. The molecule has 3 aromatic carbocycles. The Morgan fingerprint density at radius 2 is 1.81 bits per heavy atom. The van der Waals surface area contributed by atoms with Crippen LogP contribution < -0.4 is 0 Å². The lowest BCUT2D eigenvalue weighted by Gasteiger charge is -2.29. The fourth-order valence-corrected chi connectivity index (χ4v) is 4.67. The monoisotopic (exact) mass is 416 g/mol. The number of carbonyl (C=O) groups excluding carboxylic acids is 1. The third kappa shape index (κ3) is 3.06. The molecule has 0 bridgehead atoms. The predicted octanol–water partition coefficient (Wildman–Crippen LogP) is 4.78. The predicted molar refractivity (Wildman–Crippen MR) is 117 cm³/mol. The van der Waals surface area contributed by atoms with E-state index in [1.807, 2.05) is 42.5 Å². The summed E-state index contributed by atoms with van der Waals surface area (Å²) in [5, 5.41) is 12.2. The fourth-order valence-electron chi connectivity index (χ4n) is 4.67. The van der Waals surface area contributed by atoms with Crippen molar-refractivity contribution in [2.45, 2.75) is 25.9 Å². The molecule has 4 aromatic rings. The molecular formula is C25H21FN2O3. The van der Waals surface area contributed by atoms with E-state index >= 15 is 0 Å². The summed E-state index contributed by atoms with van der Waals surface area (Å²) in [5.74, 6) is -1.41. The molecule has 0 aliphatic carbocycles. The van der Waals surface area contributed by atoms with Crippen molar-refractivity contribution < 1.29 is 19.1 Å². The van der Waals surface area contributed by atoms with Gasteiger partial charge in [-0.25, -0.2) is 9.18 Å². The Labute approximate surface area is 178 Å². The number of carboxylic acids is 1. The normalized spacial score (nSPS) is 14.6.